The number of hydrogen-bond acceptors (Lipinski definition) is 5. The Balaban J connectivity index is 2.43. The van der Waals surface area contributed by atoms with Gasteiger partial charge in [0.2, 0.25) is 21.8 Å². The molecule has 0 heterocycles. The number of rotatable bonds is 11. The van der Waals surface area contributed by atoms with E-state index in [-0.39, 0.29) is 18.1 Å². The summed E-state index contributed by atoms with van der Waals surface area (Å²) in [4.78, 5) is 27.3. The van der Waals surface area contributed by atoms with Gasteiger partial charge in [0.05, 0.1) is 18.6 Å². The molecule has 0 aliphatic rings. The van der Waals surface area contributed by atoms with Crippen LogP contribution in [0.15, 0.2) is 48.5 Å². The molecule has 1 unspecified atom stereocenters. The number of nitrogens with zero attached hydrogens (tertiary/aromatic N) is 2. The molecule has 0 saturated carbocycles. The number of benzene rings is 2. The summed E-state index contributed by atoms with van der Waals surface area (Å²) in [7, 11) is -3.84. The standard InChI is InChI=1S/C23H30ClN3O5S/c1-5-25-23(29)17(3)26(15-18-10-9-11-19(24)14-18)22(28)16-27(33(4,30)31)20-12-7-8-13-21(20)32-6-2/h7-14,17H,5-6,15-16H2,1-4H3,(H,25,29). The quantitative estimate of drug-likeness (QED) is 0.517. The third-order valence-corrected chi connectivity index (χ3v) is 6.23. The number of para-hydroxylation sites is 2. The van der Waals surface area contributed by atoms with Gasteiger partial charge in [-0.25, -0.2) is 8.42 Å². The summed E-state index contributed by atoms with van der Waals surface area (Å²) in [6.45, 7) is 5.50. The number of likely N-dealkylation sites (N-methyl/N-ethyl adjacent to an activating group) is 1. The monoisotopic (exact) mass is 495 g/mol. The summed E-state index contributed by atoms with van der Waals surface area (Å²) in [5, 5.41) is 3.20. The highest BCUT2D eigenvalue weighted by Crippen LogP contribution is 2.30. The molecule has 2 aromatic carbocycles. The SMILES string of the molecule is CCNC(=O)C(C)N(Cc1cccc(Cl)c1)C(=O)CN(c1ccccc1OCC)S(C)(=O)=O. The third-order valence-electron chi connectivity index (χ3n) is 4.87. The van der Waals surface area contributed by atoms with Crippen molar-refractivity contribution in [2.24, 2.45) is 0 Å². The topological polar surface area (TPSA) is 96.0 Å². The average molecular weight is 496 g/mol. The first-order valence-corrected chi connectivity index (χ1v) is 12.8. The molecule has 2 aromatic rings. The van der Waals surface area contributed by atoms with Crippen LogP contribution in [0.25, 0.3) is 0 Å². The van der Waals surface area contributed by atoms with E-state index in [0.29, 0.717) is 29.5 Å². The first-order valence-electron chi connectivity index (χ1n) is 10.6. The van der Waals surface area contributed by atoms with Gasteiger partial charge in [-0.15, -0.1) is 0 Å². The second kappa shape index (κ2) is 11.9. The summed E-state index contributed by atoms with van der Waals surface area (Å²) < 4.78 is 31.9. The zero-order valence-corrected chi connectivity index (χ0v) is 20.8. The van der Waals surface area contributed by atoms with Gasteiger partial charge >= 0.3 is 0 Å². The first kappa shape index (κ1) is 26.5. The van der Waals surface area contributed by atoms with Crippen molar-refractivity contribution in [1.82, 2.24) is 10.2 Å². The lowest BCUT2D eigenvalue weighted by Gasteiger charge is -2.31. The van der Waals surface area contributed by atoms with E-state index >= 15 is 0 Å². The molecule has 0 aliphatic carbocycles. The molecule has 8 nitrogen and oxygen atoms in total. The molecular formula is C23H30ClN3O5S. The minimum atomic E-state index is -3.84. The maximum Gasteiger partial charge on any atom is 0.244 e. The summed E-state index contributed by atoms with van der Waals surface area (Å²) in [6.07, 6.45) is 1.03. The second-order valence-corrected chi connectivity index (χ2v) is 9.74. The van der Waals surface area contributed by atoms with Crippen molar-refractivity contribution in [2.45, 2.75) is 33.4 Å². The van der Waals surface area contributed by atoms with Crippen LogP contribution < -0.4 is 14.4 Å². The summed E-state index contributed by atoms with van der Waals surface area (Å²) in [5.41, 5.74) is 0.969. The molecule has 0 radical (unpaired) electrons. The third kappa shape index (κ3) is 7.36. The number of sulfonamides is 1. The molecule has 33 heavy (non-hydrogen) atoms. The van der Waals surface area contributed by atoms with E-state index in [9.17, 15) is 18.0 Å². The predicted molar refractivity (Wildman–Crippen MR) is 130 cm³/mol. The highest BCUT2D eigenvalue weighted by atomic mass is 35.5. The van der Waals surface area contributed by atoms with Crippen LogP contribution in [0.4, 0.5) is 5.69 Å². The highest BCUT2D eigenvalue weighted by Gasteiger charge is 2.31. The van der Waals surface area contributed by atoms with Crippen molar-refractivity contribution in [3.63, 3.8) is 0 Å². The van der Waals surface area contributed by atoms with Gasteiger partial charge in [0.15, 0.2) is 0 Å². The van der Waals surface area contributed by atoms with Crippen LogP contribution in [0.1, 0.15) is 26.3 Å². The van der Waals surface area contributed by atoms with Crippen molar-refractivity contribution < 1.29 is 22.7 Å². The molecular weight excluding hydrogens is 466 g/mol. The molecule has 2 rings (SSSR count). The Morgan fingerprint density at radius 1 is 1.12 bits per heavy atom. The van der Waals surface area contributed by atoms with Crippen molar-refractivity contribution in [3.8, 4) is 5.75 Å². The number of halogens is 1. The summed E-state index contributed by atoms with van der Waals surface area (Å²) >= 11 is 6.09. The van der Waals surface area contributed by atoms with Gasteiger partial charge in [-0.1, -0.05) is 35.9 Å². The summed E-state index contributed by atoms with van der Waals surface area (Å²) in [5.74, 6) is -0.532. The Bertz CT molecular complexity index is 1080. The van der Waals surface area contributed by atoms with Crippen LogP contribution in [-0.2, 0) is 26.2 Å². The Kier molecular flexibility index (Phi) is 9.55. The number of carbonyl (C=O) groups is 2. The fourth-order valence-corrected chi connectivity index (χ4v) is 4.34. The summed E-state index contributed by atoms with van der Waals surface area (Å²) in [6, 6.07) is 12.7. The molecule has 1 N–H and O–H groups in total. The van der Waals surface area contributed by atoms with Gasteiger partial charge < -0.3 is 15.0 Å². The zero-order chi connectivity index (χ0) is 24.6. The second-order valence-electron chi connectivity index (χ2n) is 7.39. The minimum Gasteiger partial charge on any atom is -0.492 e. The lowest BCUT2D eigenvalue weighted by Crippen LogP contribution is -2.51. The Labute approximate surface area is 200 Å². The van der Waals surface area contributed by atoms with Crippen molar-refractivity contribution >= 4 is 39.1 Å². The van der Waals surface area contributed by atoms with Crippen LogP contribution in [0.2, 0.25) is 5.02 Å². The fourth-order valence-electron chi connectivity index (χ4n) is 3.27. The van der Waals surface area contributed by atoms with Crippen LogP contribution in [-0.4, -0.2) is 57.1 Å². The first-order chi connectivity index (χ1) is 15.6. The van der Waals surface area contributed by atoms with E-state index in [0.717, 1.165) is 10.6 Å². The van der Waals surface area contributed by atoms with Gasteiger partial charge in [-0.05, 0) is 50.6 Å². The molecule has 0 spiro atoms. The van der Waals surface area contributed by atoms with E-state index in [2.05, 4.69) is 5.32 Å². The fraction of sp³-hybridized carbons (Fsp3) is 0.391. The Morgan fingerprint density at radius 3 is 2.42 bits per heavy atom. The Hall–Kier alpha value is -2.78. The smallest absolute Gasteiger partial charge is 0.244 e. The average Bonchev–Trinajstić information content (AvgIpc) is 2.75. The predicted octanol–water partition coefficient (Wildman–Crippen LogP) is 3.06. The van der Waals surface area contributed by atoms with Gasteiger partial charge in [0.1, 0.15) is 18.3 Å². The molecule has 2 amide bonds. The van der Waals surface area contributed by atoms with Gasteiger partial charge in [-0.3, -0.25) is 13.9 Å². The van der Waals surface area contributed by atoms with Crippen molar-refractivity contribution in [1.29, 1.82) is 0 Å². The maximum absolute atomic E-state index is 13.4. The largest absolute Gasteiger partial charge is 0.492 e. The minimum absolute atomic E-state index is 0.0857. The van der Waals surface area contributed by atoms with Crippen LogP contribution in [0.3, 0.4) is 0 Å². The molecule has 1 atom stereocenters. The van der Waals surface area contributed by atoms with Crippen LogP contribution in [0, 0.1) is 0 Å². The number of ether oxygens (including phenoxy) is 1. The zero-order valence-electron chi connectivity index (χ0n) is 19.2. The number of carbonyl (C=O) groups excluding carboxylic acids is 2. The van der Waals surface area contributed by atoms with E-state index in [1.807, 2.05) is 0 Å². The van der Waals surface area contributed by atoms with E-state index in [4.69, 9.17) is 16.3 Å². The van der Waals surface area contributed by atoms with Crippen molar-refractivity contribution in [3.05, 3.63) is 59.1 Å². The maximum atomic E-state index is 13.4. The molecule has 0 fully saturated rings. The van der Waals surface area contributed by atoms with Gasteiger partial charge in [0.25, 0.3) is 0 Å². The normalized spacial score (nSPS) is 12.0. The number of amides is 2. The molecule has 180 valence electrons. The van der Waals surface area contributed by atoms with Gasteiger partial charge in [-0.2, -0.15) is 0 Å². The lowest BCUT2D eigenvalue weighted by molar-refractivity contribution is -0.139. The number of hydrogen-bond donors (Lipinski definition) is 1. The van der Waals surface area contributed by atoms with Crippen LogP contribution in [0.5, 0.6) is 5.75 Å². The van der Waals surface area contributed by atoms with E-state index in [1.165, 1.54) is 4.90 Å². The lowest BCUT2D eigenvalue weighted by atomic mass is 10.1. The molecule has 0 aliphatic heterocycles. The van der Waals surface area contributed by atoms with Crippen LogP contribution >= 0.6 is 11.6 Å². The molecule has 10 heteroatoms. The Morgan fingerprint density at radius 2 is 1.82 bits per heavy atom. The molecule has 0 saturated heterocycles. The molecule has 0 aromatic heterocycles. The molecule has 0 bridgehead atoms. The number of nitrogens with one attached hydrogen (secondary N) is 1. The van der Waals surface area contributed by atoms with Gasteiger partial charge in [0, 0.05) is 18.1 Å². The van der Waals surface area contributed by atoms with E-state index in [1.54, 1.807) is 69.3 Å². The highest BCUT2D eigenvalue weighted by molar-refractivity contribution is 7.92. The van der Waals surface area contributed by atoms with Crippen molar-refractivity contribution in [2.75, 3.05) is 30.3 Å². The number of anilines is 1. The van der Waals surface area contributed by atoms with E-state index < -0.39 is 28.5 Å².